The van der Waals surface area contributed by atoms with Gasteiger partial charge in [-0.3, -0.25) is 19.3 Å². The van der Waals surface area contributed by atoms with Gasteiger partial charge in [-0.15, -0.1) is 0 Å². The monoisotopic (exact) mass is 518 g/mol. The van der Waals surface area contributed by atoms with Crippen LogP contribution in [-0.4, -0.2) is 35.0 Å². The molecule has 4 atom stereocenters. The van der Waals surface area contributed by atoms with E-state index in [0.717, 1.165) is 34.7 Å². The molecule has 38 heavy (non-hydrogen) atoms. The molecular weight excluding hydrogens is 496 g/mol. The maximum absolute atomic E-state index is 15.0. The summed E-state index contributed by atoms with van der Waals surface area (Å²) in [4.78, 5) is 46.4. The number of para-hydroxylation sites is 1. The number of ketones is 2. The van der Waals surface area contributed by atoms with Crippen molar-refractivity contribution < 1.29 is 14.4 Å². The van der Waals surface area contributed by atoms with Crippen molar-refractivity contribution in [3.8, 4) is 0 Å². The van der Waals surface area contributed by atoms with Gasteiger partial charge in [0.1, 0.15) is 11.0 Å². The number of fused-ring (bicyclic) bond motifs is 6. The summed E-state index contributed by atoms with van der Waals surface area (Å²) in [6, 6.07) is 25.9. The number of hydrogen-bond donors (Lipinski definition) is 1. The average Bonchev–Trinajstić information content (AvgIpc) is 3.65. The topological polar surface area (TPSA) is 66.5 Å². The lowest BCUT2D eigenvalue weighted by Gasteiger charge is -2.44. The first kappa shape index (κ1) is 22.2. The Balaban J connectivity index is 1.51. The molecule has 4 aromatic carbocycles. The molecule has 5 nitrogen and oxygen atoms in total. The molecule has 1 aliphatic carbocycles. The van der Waals surface area contributed by atoms with Gasteiger partial charge in [-0.05, 0) is 71.6 Å². The lowest BCUT2D eigenvalue weighted by Crippen LogP contribution is -2.61. The minimum atomic E-state index is -1.42. The van der Waals surface area contributed by atoms with Crippen molar-refractivity contribution >= 4 is 45.5 Å². The van der Waals surface area contributed by atoms with Crippen molar-refractivity contribution in [2.24, 2.45) is 5.92 Å². The van der Waals surface area contributed by atoms with E-state index in [2.05, 4.69) is 10.2 Å². The lowest BCUT2D eigenvalue weighted by molar-refractivity contribution is -0.124. The molecule has 3 heterocycles. The summed E-state index contributed by atoms with van der Waals surface area (Å²) in [5, 5.41) is 5.50. The Morgan fingerprint density at radius 2 is 1.63 bits per heavy atom. The molecular formula is C32H23ClN2O3. The van der Waals surface area contributed by atoms with Gasteiger partial charge < -0.3 is 5.32 Å². The van der Waals surface area contributed by atoms with E-state index in [-0.39, 0.29) is 23.5 Å². The number of nitrogens with zero attached hydrogens (tertiary/aromatic N) is 1. The van der Waals surface area contributed by atoms with E-state index < -0.39 is 16.9 Å². The Morgan fingerprint density at radius 3 is 2.45 bits per heavy atom. The molecule has 0 bridgehead atoms. The fourth-order valence-corrected chi connectivity index (χ4v) is 8.36. The molecule has 6 heteroatoms. The molecule has 4 aliphatic rings. The number of rotatable bonds is 2. The summed E-state index contributed by atoms with van der Waals surface area (Å²) in [6.45, 7) is 0.641. The predicted molar refractivity (Wildman–Crippen MR) is 146 cm³/mol. The number of anilines is 1. The Morgan fingerprint density at radius 1 is 0.895 bits per heavy atom. The predicted octanol–water partition coefficient (Wildman–Crippen LogP) is 5.75. The van der Waals surface area contributed by atoms with Gasteiger partial charge >= 0.3 is 0 Å². The fourth-order valence-electron chi connectivity index (χ4n) is 8.23. The number of halogens is 1. The van der Waals surface area contributed by atoms with Gasteiger partial charge in [0.2, 0.25) is 5.91 Å². The van der Waals surface area contributed by atoms with Crippen molar-refractivity contribution in [2.45, 2.75) is 29.8 Å². The number of nitrogens with one attached hydrogen (secondary N) is 1. The third-order valence-corrected chi connectivity index (χ3v) is 9.64. The summed E-state index contributed by atoms with van der Waals surface area (Å²) in [6.07, 6.45) is 1.60. The minimum absolute atomic E-state index is 0.0885. The van der Waals surface area contributed by atoms with Crippen LogP contribution >= 0.6 is 11.6 Å². The van der Waals surface area contributed by atoms with E-state index in [0.29, 0.717) is 28.4 Å². The number of amides is 1. The zero-order valence-electron chi connectivity index (χ0n) is 20.4. The van der Waals surface area contributed by atoms with Gasteiger partial charge in [0, 0.05) is 27.9 Å². The second-order valence-corrected chi connectivity index (χ2v) is 11.2. The second kappa shape index (κ2) is 7.40. The lowest BCUT2D eigenvalue weighted by atomic mass is 9.56. The molecule has 2 fully saturated rings. The molecule has 4 aromatic rings. The SMILES string of the molecule is O=C(c1ccc(Cl)cc1)[C@@H]1[C@H]2CCCN2[C@@]2(C(=O)c3cccc4cccc2c34)[C@@]12C(=O)Nc1ccccc12. The van der Waals surface area contributed by atoms with Crippen molar-refractivity contribution in [1.29, 1.82) is 0 Å². The fraction of sp³-hybridized carbons (Fsp3) is 0.219. The highest BCUT2D eigenvalue weighted by Crippen LogP contribution is 2.68. The maximum Gasteiger partial charge on any atom is 0.238 e. The molecule has 0 radical (unpaired) electrons. The number of carbonyl (C=O) groups is 3. The van der Waals surface area contributed by atoms with Crippen LogP contribution < -0.4 is 5.32 Å². The quantitative estimate of drug-likeness (QED) is 0.343. The third-order valence-electron chi connectivity index (χ3n) is 9.39. The first-order chi connectivity index (χ1) is 18.5. The summed E-state index contributed by atoms with van der Waals surface area (Å²) < 4.78 is 0. The normalized spacial score (nSPS) is 28.9. The summed E-state index contributed by atoms with van der Waals surface area (Å²) in [5.74, 6) is -1.24. The number of hydrogen-bond acceptors (Lipinski definition) is 4. The van der Waals surface area contributed by atoms with E-state index in [1.165, 1.54) is 0 Å². The largest absolute Gasteiger partial charge is 0.325 e. The molecule has 2 saturated heterocycles. The van der Waals surface area contributed by atoms with Crippen molar-refractivity contribution in [3.05, 3.63) is 112 Å². The van der Waals surface area contributed by atoms with Gasteiger partial charge in [0.05, 0.1) is 5.92 Å². The van der Waals surface area contributed by atoms with E-state index in [4.69, 9.17) is 11.6 Å². The zero-order valence-corrected chi connectivity index (χ0v) is 21.2. The third kappa shape index (κ3) is 2.32. The molecule has 186 valence electrons. The van der Waals surface area contributed by atoms with Crippen LogP contribution in [0.4, 0.5) is 5.69 Å². The molecule has 0 unspecified atom stereocenters. The molecule has 2 spiro atoms. The first-order valence-corrected chi connectivity index (χ1v) is 13.4. The molecule has 8 rings (SSSR count). The highest BCUT2D eigenvalue weighted by Gasteiger charge is 2.80. The van der Waals surface area contributed by atoms with Gasteiger partial charge in [0.25, 0.3) is 0 Å². The van der Waals surface area contributed by atoms with Crippen LogP contribution in [0.1, 0.15) is 44.7 Å². The highest BCUT2D eigenvalue weighted by molar-refractivity contribution is 6.31. The number of benzene rings is 4. The number of Topliss-reactive ketones (excluding diaryl/α,β-unsaturated/α-hetero) is 2. The van der Waals surface area contributed by atoms with Crippen molar-refractivity contribution in [3.63, 3.8) is 0 Å². The smallest absolute Gasteiger partial charge is 0.238 e. The van der Waals surface area contributed by atoms with Crippen LogP contribution in [0.5, 0.6) is 0 Å². The standard InChI is InChI=1S/C32H23ClN2O3/c33-20-15-13-19(14-16-20)28(36)27-25-12-5-17-35(25)32(31(27)22-9-1-2-11-24(22)34-30(31)38)23-10-4-7-18-6-3-8-21(26(18)23)29(32)37/h1-4,6-11,13-16,25,27H,5,12,17H2,(H,34,38)/t25-,27+,31-,32+/m1/s1. The summed E-state index contributed by atoms with van der Waals surface area (Å²) in [5.41, 5.74) is 0.616. The Bertz CT molecular complexity index is 1730. The summed E-state index contributed by atoms with van der Waals surface area (Å²) in [7, 11) is 0. The highest BCUT2D eigenvalue weighted by atomic mass is 35.5. The Kier molecular flexibility index (Phi) is 4.33. The second-order valence-electron chi connectivity index (χ2n) is 10.8. The number of carbonyl (C=O) groups excluding carboxylic acids is 3. The molecule has 3 aliphatic heterocycles. The van der Waals surface area contributed by atoms with Crippen molar-refractivity contribution in [2.75, 3.05) is 11.9 Å². The zero-order chi connectivity index (χ0) is 25.8. The average molecular weight is 519 g/mol. The van der Waals surface area contributed by atoms with Gasteiger partial charge in [0.15, 0.2) is 11.6 Å². The van der Waals surface area contributed by atoms with Crippen LogP contribution in [-0.2, 0) is 15.7 Å². The molecule has 0 aromatic heterocycles. The molecule has 0 saturated carbocycles. The van der Waals surface area contributed by atoms with Crippen LogP contribution in [0, 0.1) is 5.92 Å². The van der Waals surface area contributed by atoms with Crippen LogP contribution in [0.25, 0.3) is 10.8 Å². The van der Waals surface area contributed by atoms with E-state index in [1.54, 1.807) is 24.3 Å². The Labute approximate surface area is 224 Å². The van der Waals surface area contributed by atoms with Crippen LogP contribution in [0.15, 0.2) is 84.9 Å². The van der Waals surface area contributed by atoms with E-state index >= 15 is 0 Å². The Hall–Kier alpha value is -3.80. The first-order valence-electron chi connectivity index (χ1n) is 13.1. The van der Waals surface area contributed by atoms with Gasteiger partial charge in [-0.1, -0.05) is 66.2 Å². The summed E-state index contributed by atoms with van der Waals surface area (Å²) >= 11 is 6.16. The van der Waals surface area contributed by atoms with Crippen LogP contribution in [0.2, 0.25) is 5.02 Å². The van der Waals surface area contributed by atoms with Crippen molar-refractivity contribution in [1.82, 2.24) is 4.90 Å². The van der Waals surface area contributed by atoms with Gasteiger partial charge in [-0.25, -0.2) is 0 Å². The molecule has 1 N–H and O–H groups in total. The van der Waals surface area contributed by atoms with Crippen LogP contribution in [0.3, 0.4) is 0 Å². The molecule has 1 amide bonds. The maximum atomic E-state index is 15.0. The van der Waals surface area contributed by atoms with E-state index in [9.17, 15) is 14.4 Å². The minimum Gasteiger partial charge on any atom is -0.325 e. The van der Waals surface area contributed by atoms with Gasteiger partial charge in [-0.2, -0.15) is 0 Å². The van der Waals surface area contributed by atoms with E-state index in [1.807, 2.05) is 60.7 Å².